The first-order valence-corrected chi connectivity index (χ1v) is 2.40. The van der Waals surface area contributed by atoms with Crippen LogP contribution >= 0.6 is 0 Å². The quantitative estimate of drug-likeness (QED) is 0.308. The van der Waals surface area contributed by atoms with E-state index in [0.29, 0.717) is 0 Å². The van der Waals surface area contributed by atoms with Crippen LogP contribution in [-0.4, -0.2) is 13.7 Å². The third kappa shape index (κ3) is 10.8. The molecule has 0 N–H and O–H groups in total. The molecule has 0 heterocycles. The van der Waals surface area contributed by atoms with Gasteiger partial charge in [0.1, 0.15) is 0 Å². The minimum atomic E-state index is 0. The predicted molar refractivity (Wildman–Crippen MR) is 27.9 cm³/mol. The minimum Gasteiger partial charge on any atom is -1.00 e. The van der Waals surface area contributed by atoms with E-state index in [4.69, 9.17) is 4.74 Å². The van der Waals surface area contributed by atoms with Gasteiger partial charge in [0.15, 0.2) is 0 Å². The van der Waals surface area contributed by atoms with Gasteiger partial charge in [-0.2, -0.15) is 0 Å². The SMILES string of the molecule is CCCCOC.[H-].[Li+]. The molecule has 0 spiro atoms. The van der Waals surface area contributed by atoms with E-state index in [1.807, 2.05) is 0 Å². The number of ether oxygens (including phenoxy) is 1. The van der Waals surface area contributed by atoms with Crippen LogP contribution in [0, 0.1) is 0 Å². The number of hydrogen-bond acceptors (Lipinski definition) is 1. The Labute approximate surface area is 59.1 Å². The molecule has 0 bridgehead atoms. The van der Waals surface area contributed by atoms with Gasteiger partial charge in [0.2, 0.25) is 0 Å². The van der Waals surface area contributed by atoms with Crippen molar-refractivity contribution in [1.82, 2.24) is 0 Å². The topological polar surface area (TPSA) is 9.23 Å². The van der Waals surface area contributed by atoms with Crippen LogP contribution < -0.4 is 18.9 Å². The van der Waals surface area contributed by atoms with Gasteiger partial charge in [-0.15, -0.1) is 0 Å². The summed E-state index contributed by atoms with van der Waals surface area (Å²) in [6, 6.07) is 0. The summed E-state index contributed by atoms with van der Waals surface area (Å²) in [4.78, 5) is 0. The van der Waals surface area contributed by atoms with Crippen LogP contribution in [0.25, 0.3) is 0 Å². The van der Waals surface area contributed by atoms with E-state index in [2.05, 4.69) is 6.92 Å². The van der Waals surface area contributed by atoms with E-state index in [-0.39, 0.29) is 20.3 Å². The van der Waals surface area contributed by atoms with Crippen LogP contribution in [0.1, 0.15) is 21.2 Å². The molecule has 0 aliphatic rings. The number of hydrogen-bond donors (Lipinski definition) is 0. The van der Waals surface area contributed by atoms with E-state index in [0.717, 1.165) is 6.61 Å². The maximum Gasteiger partial charge on any atom is 1.00 e. The van der Waals surface area contributed by atoms with Crippen LogP contribution in [0.15, 0.2) is 0 Å². The molecular formula is C5H13LiO. The Hall–Kier alpha value is 0.557. The summed E-state index contributed by atoms with van der Waals surface area (Å²) in [5.74, 6) is 0. The summed E-state index contributed by atoms with van der Waals surface area (Å²) in [5, 5.41) is 0. The molecule has 0 atom stereocenters. The van der Waals surface area contributed by atoms with Crippen molar-refractivity contribution >= 4 is 0 Å². The molecule has 0 radical (unpaired) electrons. The second-order valence-corrected chi connectivity index (χ2v) is 1.35. The molecule has 0 aromatic rings. The van der Waals surface area contributed by atoms with Gasteiger partial charge in [-0.25, -0.2) is 0 Å². The van der Waals surface area contributed by atoms with Crippen molar-refractivity contribution in [2.75, 3.05) is 13.7 Å². The van der Waals surface area contributed by atoms with Crippen LogP contribution in [0.3, 0.4) is 0 Å². The largest absolute Gasteiger partial charge is 1.00 e. The fourth-order valence-electron chi connectivity index (χ4n) is 0.289. The predicted octanol–water partition coefficient (Wildman–Crippen LogP) is -1.45. The first kappa shape index (κ1) is 10.5. The molecule has 0 aromatic heterocycles. The average molecular weight is 96.1 g/mol. The maximum atomic E-state index is 4.78. The third-order valence-electron chi connectivity index (χ3n) is 0.702. The van der Waals surface area contributed by atoms with E-state index < -0.39 is 0 Å². The van der Waals surface area contributed by atoms with Gasteiger partial charge in [0, 0.05) is 13.7 Å². The van der Waals surface area contributed by atoms with Gasteiger partial charge >= 0.3 is 18.9 Å². The summed E-state index contributed by atoms with van der Waals surface area (Å²) in [6.07, 6.45) is 2.42. The standard InChI is InChI=1S/C5H12O.Li.H/c1-3-4-5-6-2;;/h3-5H2,1-2H3;;/q;+1;-1. The fraction of sp³-hybridized carbons (Fsp3) is 1.00. The molecular weight excluding hydrogens is 83.0 g/mol. The van der Waals surface area contributed by atoms with Crippen molar-refractivity contribution in [2.24, 2.45) is 0 Å². The molecule has 7 heavy (non-hydrogen) atoms. The Morgan fingerprint density at radius 2 is 2.14 bits per heavy atom. The molecule has 0 unspecified atom stereocenters. The number of methoxy groups -OCH3 is 1. The van der Waals surface area contributed by atoms with Crippen LogP contribution in [0.5, 0.6) is 0 Å². The van der Waals surface area contributed by atoms with E-state index >= 15 is 0 Å². The van der Waals surface area contributed by atoms with Gasteiger partial charge < -0.3 is 6.16 Å². The Bertz CT molecular complexity index is 24.4. The maximum absolute atomic E-state index is 4.78. The van der Waals surface area contributed by atoms with Crippen LogP contribution in [0.4, 0.5) is 0 Å². The average Bonchev–Trinajstić information content (AvgIpc) is 1.61. The van der Waals surface area contributed by atoms with E-state index in [9.17, 15) is 0 Å². The smallest absolute Gasteiger partial charge is 1.00 e. The zero-order chi connectivity index (χ0) is 4.83. The Kier molecular flexibility index (Phi) is 14.7. The first-order valence-electron chi connectivity index (χ1n) is 2.40. The molecule has 0 fully saturated rings. The van der Waals surface area contributed by atoms with Gasteiger partial charge in [0.25, 0.3) is 0 Å². The van der Waals surface area contributed by atoms with Crippen LogP contribution in [0.2, 0.25) is 0 Å². The van der Waals surface area contributed by atoms with Crippen molar-refractivity contribution in [1.29, 1.82) is 0 Å². The van der Waals surface area contributed by atoms with E-state index in [1.165, 1.54) is 12.8 Å². The summed E-state index contributed by atoms with van der Waals surface area (Å²) in [7, 11) is 1.73. The second kappa shape index (κ2) is 9.75. The van der Waals surface area contributed by atoms with Crippen molar-refractivity contribution in [2.45, 2.75) is 19.8 Å². The molecule has 0 saturated heterocycles. The molecule has 0 aliphatic heterocycles. The summed E-state index contributed by atoms with van der Waals surface area (Å²) in [5.41, 5.74) is 0. The summed E-state index contributed by atoms with van der Waals surface area (Å²) < 4.78 is 4.78. The molecule has 40 valence electrons. The molecule has 1 nitrogen and oxygen atoms in total. The van der Waals surface area contributed by atoms with Crippen molar-refractivity contribution in [3.8, 4) is 0 Å². The van der Waals surface area contributed by atoms with Gasteiger partial charge in [0.05, 0.1) is 0 Å². The summed E-state index contributed by atoms with van der Waals surface area (Å²) in [6.45, 7) is 3.07. The number of rotatable bonds is 3. The Balaban J connectivity index is -0.000000125. The normalized spacial score (nSPS) is 7.71. The zero-order valence-electron chi connectivity index (χ0n) is 6.53. The third-order valence-corrected chi connectivity index (χ3v) is 0.702. The summed E-state index contributed by atoms with van der Waals surface area (Å²) >= 11 is 0. The van der Waals surface area contributed by atoms with Crippen LogP contribution in [-0.2, 0) is 4.74 Å². The molecule has 0 aliphatic carbocycles. The van der Waals surface area contributed by atoms with E-state index in [1.54, 1.807) is 7.11 Å². The molecule has 0 rings (SSSR count). The van der Waals surface area contributed by atoms with Crippen molar-refractivity contribution in [3.63, 3.8) is 0 Å². The molecule has 0 aromatic carbocycles. The zero-order valence-corrected chi connectivity index (χ0v) is 5.53. The van der Waals surface area contributed by atoms with Gasteiger partial charge in [-0.05, 0) is 6.42 Å². The Morgan fingerprint density at radius 1 is 1.57 bits per heavy atom. The van der Waals surface area contributed by atoms with Crippen molar-refractivity contribution in [3.05, 3.63) is 0 Å². The van der Waals surface area contributed by atoms with Gasteiger partial charge in [-0.1, -0.05) is 13.3 Å². The van der Waals surface area contributed by atoms with Crippen molar-refractivity contribution < 1.29 is 25.0 Å². The monoisotopic (exact) mass is 96.1 g/mol. The number of unbranched alkanes of at least 4 members (excludes halogenated alkanes) is 1. The minimum absolute atomic E-state index is 0. The first-order chi connectivity index (χ1) is 2.91. The Morgan fingerprint density at radius 3 is 2.29 bits per heavy atom. The molecule has 0 saturated carbocycles. The molecule has 0 amide bonds. The fourth-order valence-corrected chi connectivity index (χ4v) is 0.289. The molecule has 2 heteroatoms. The second-order valence-electron chi connectivity index (χ2n) is 1.35. The van der Waals surface area contributed by atoms with Gasteiger partial charge in [-0.3, -0.25) is 0 Å².